The van der Waals surface area contributed by atoms with Crippen molar-refractivity contribution in [1.29, 1.82) is 0 Å². The molecule has 1 amide bonds. The molecule has 0 bridgehead atoms. The van der Waals surface area contributed by atoms with Gasteiger partial charge in [0.05, 0.1) is 17.9 Å². The van der Waals surface area contributed by atoms with Crippen molar-refractivity contribution in [3.8, 4) is 0 Å². The second kappa shape index (κ2) is 5.75. The Kier molecular flexibility index (Phi) is 4.06. The summed E-state index contributed by atoms with van der Waals surface area (Å²) >= 11 is 5.82. The summed E-state index contributed by atoms with van der Waals surface area (Å²) in [6.07, 6.45) is 3.13. The predicted molar refractivity (Wildman–Crippen MR) is 74.6 cm³/mol. The van der Waals surface area contributed by atoms with E-state index in [0.29, 0.717) is 10.7 Å². The minimum absolute atomic E-state index is 0.0855. The number of carbonyl (C=O) groups is 1. The van der Waals surface area contributed by atoms with Crippen LogP contribution in [-0.2, 0) is 11.3 Å². The number of nitrogens with one attached hydrogen (secondary N) is 1. The molecule has 0 aliphatic carbocycles. The fraction of sp³-hybridized carbons (Fsp3) is 0.231. The monoisotopic (exact) mass is 278 g/mol. The Balaban J connectivity index is 1.93. The molecular formula is C13H15ClN4O. The zero-order valence-electron chi connectivity index (χ0n) is 10.5. The minimum atomic E-state index is -0.120. The van der Waals surface area contributed by atoms with Crippen molar-refractivity contribution in [2.45, 2.75) is 19.5 Å². The molecule has 0 aliphatic rings. The van der Waals surface area contributed by atoms with E-state index >= 15 is 0 Å². The Bertz CT molecular complexity index is 564. The van der Waals surface area contributed by atoms with Gasteiger partial charge >= 0.3 is 0 Å². The maximum Gasteiger partial charge on any atom is 0.242 e. The smallest absolute Gasteiger partial charge is 0.242 e. The Morgan fingerprint density at radius 2 is 2.16 bits per heavy atom. The summed E-state index contributed by atoms with van der Waals surface area (Å²) in [5.41, 5.74) is 7.07. The highest BCUT2D eigenvalue weighted by Crippen LogP contribution is 2.15. The van der Waals surface area contributed by atoms with E-state index in [2.05, 4.69) is 10.4 Å². The number of hydrogen-bond acceptors (Lipinski definition) is 3. The number of rotatable bonds is 4. The number of amides is 1. The van der Waals surface area contributed by atoms with Crippen LogP contribution in [0.4, 0.5) is 5.69 Å². The standard InChI is InChI=1S/C13H15ClN4O/c1-9(10-2-4-11(14)5-3-10)17-13(19)8-18-7-12(15)6-16-18/h2-7,9H,8,15H2,1H3,(H,17,19). The van der Waals surface area contributed by atoms with Crippen LogP contribution in [0.3, 0.4) is 0 Å². The average Bonchev–Trinajstić information content (AvgIpc) is 2.75. The molecule has 2 rings (SSSR count). The number of nitrogens with two attached hydrogens (primary N) is 1. The lowest BCUT2D eigenvalue weighted by atomic mass is 10.1. The van der Waals surface area contributed by atoms with Crippen molar-refractivity contribution in [1.82, 2.24) is 15.1 Å². The third-order valence-corrected chi connectivity index (χ3v) is 2.96. The van der Waals surface area contributed by atoms with Crippen LogP contribution >= 0.6 is 11.6 Å². The summed E-state index contributed by atoms with van der Waals surface area (Å²) in [6.45, 7) is 2.06. The topological polar surface area (TPSA) is 72.9 Å². The van der Waals surface area contributed by atoms with Crippen molar-refractivity contribution in [2.75, 3.05) is 5.73 Å². The first-order valence-electron chi connectivity index (χ1n) is 5.87. The average molecular weight is 279 g/mol. The van der Waals surface area contributed by atoms with Crippen molar-refractivity contribution in [3.63, 3.8) is 0 Å². The largest absolute Gasteiger partial charge is 0.396 e. The van der Waals surface area contributed by atoms with E-state index < -0.39 is 0 Å². The van der Waals surface area contributed by atoms with Crippen LogP contribution in [0.15, 0.2) is 36.7 Å². The van der Waals surface area contributed by atoms with Gasteiger partial charge in [-0.1, -0.05) is 23.7 Å². The molecule has 0 radical (unpaired) electrons. The lowest BCUT2D eigenvalue weighted by Crippen LogP contribution is -2.30. The second-order valence-corrected chi connectivity index (χ2v) is 4.75. The molecular weight excluding hydrogens is 264 g/mol. The van der Waals surface area contributed by atoms with Crippen LogP contribution < -0.4 is 11.1 Å². The van der Waals surface area contributed by atoms with E-state index in [0.717, 1.165) is 5.56 Å². The van der Waals surface area contributed by atoms with E-state index in [4.69, 9.17) is 17.3 Å². The number of nitrogens with zero attached hydrogens (tertiary/aromatic N) is 2. The van der Waals surface area contributed by atoms with E-state index in [1.54, 1.807) is 18.3 Å². The highest BCUT2D eigenvalue weighted by molar-refractivity contribution is 6.30. The van der Waals surface area contributed by atoms with Crippen molar-refractivity contribution >= 4 is 23.2 Å². The van der Waals surface area contributed by atoms with Crippen LogP contribution in [0, 0.1) is 0 Å². The van der Waals surface area contributed by atoms with Crippen molar-refractivity contribution in [3.05, 3.63) is 47.2 Å². The molecule has 1 aromatic heterocycles. The summed E-state index contributed by atoms with van der Waals surface area (Å²) in [7, 11) is 0. The normalized spacial score (nSPS) is 12.1. The maximum absolute atomic E-state index is 11.8. The lowest BCUT2D eigenvalue weighted by molar-refractivity contribution is -0.122. The molecule has 3 N–H and O–H groups in total. The first kappa shape index (κ1) is 13.4. The molecule has 100 valence electrons. The molecule has 1 unspecified atom stereocenters. The molecule has 0 aliphatic heterocycles. The van der Waals surface area contributed by atoms with Gasteiger partial charge in [0.2, 0.25) is 5.91 Å². The number of nitrogen functional groups attached to an aromatic ring is 1. The van der Waals surface area contributed by atoms with Gasteiger partial charge in [-0.25, -0.2) is 0 Å². The molecule has 0 saturated carbocycles. The third-order valence-electron chi connectivity index (χ3n) is 2.71. The van der Waals surface area contributed by atoms with E-state index in [9.17, 15) is 4.79 Å². The van der Waals surface area contributed by atoms with Gasteiger partial charge in [0.1, 0.15) is 6.54 Å². The highest BCUT2D eigenvalue weighted by atomic mass is 35.5. The molecule has 5 nitrogen and oxygen atoms in total. The fourth-order valence-electron chi connectivity index (χ4n) is 1.74. The Morgan fingerprint density at radius 3 is 2.74 bits per heavy atom. The van der Waals surface area contributed by atoms with Gasteiger partial charge in [-0.05, 0) is 24.6 Å². The Labute approximate surface area is 116 Å². The second-order valence-electron chi connectivity index (χ2n) is 4.31. The van der Waals surface area contributed by atoms with Gasteiger partial charge in [-0.3, -0.25) is 9.48 Å². The van der Waals surface area contributed by atoms with Crippen molar-refractivity contribution in [2.24, 2.45) is 0 Å². The van der Waals surface area contributed by atoms with Gasteiger partial charge in [0.15, 0.2) is 0 Å². The number of carbonyl (C=O) groups excluding carboxylic acids is 1. The van der Waals surface area contributed by atoms with Gasteiger partial charge in [-0.15, -0.1) is 0 Å². The maximum atomic E-state index is 11.8. The van der Waals surface area contributed by atoms with E-state index in [1.165, 1.54) is 10.9 Å². The van der Waals surface area contributed by atoms with Crippen molar-refractivity contribution < 1.29 is 4.79 Å². The Morgan fingerprint density at radius 1 is 1.47 bits per heavy atom. The predicted octanol–water partition coefficient (Wildman–Crippen LogP) is 2.00. The molecule has 0 saturated heterocycles. The van der Waals surface area contributed by atoms with Crippen LogP contribution in [0.1, 0.15) is 18.5 Å². The third kappa shape index (κ3) is 3.72. The number of anilines is 1. The number of hydrogen-bond donors (Lipinski definition) is 2. The lowest BCUT2D eigenvalue weighted by Gasteiger charge is -2.14. The van der Waals surface area contributed by atoms with Crippen LogP contribution in [0.2, 0.25) is 5.02 Å². The summed E-state index contributed by atoms with van der Waals surface area (Å²) < 4.78 is 1.50. The number of benzene rings is 1. The van der Waals surface area contributed by atoms with Gasteiger partial charge in [-0.2, -0.15) is 5.10 Å². The van der Waals surface area contributed by atoms with Crippen LogP contribution in [-0.4, -0.2) is 15.7 Å². The molecule has 0 fully saturated rings. The van der Waals surface area contributed by atoms with E-state index in [1.807, 2.05) is 19.1 Å². The first-order chi connectivity index (χ1) is 9.04. The highest BCUT2D eigenvalue weighted by Gasteiger charge is 2.10. The molecule has 1 aromatic carbocycles. The summed E-state index contributed by atoms with van der Waals surface area (Å²) in [5, 5.41) is 7.53. The summed E-state index contributed by atoms with van der Waals surface area (Å²) in [4.78, 5) is 11.8. The van der Waals surface area contributed by atoms with Gasteiger partial charge in [0, 0.05) is 11.2 Å². The molecule has 6 heteroatoms. The first-order valence-corrected chi connectivity index (χ1v) is 6.25. The summed E-state index contributed by atoms with van der Waals surface area (Å²) in [6, 6.07) is 7.29. The fourth-order valence-corrected chi connectivity index (χ4v) is 1.86. The minimum Gasteiger partial charge on any atom is -0.396 e. The quantitative estimate of drug-likeness (QED) is 0.898. The molecule has 1 heterocycles. The Hall–Kier alpha value is -2.01. The zero-order chi connectivity index (χ0) is 13.8. The molecule has 19 heavy (non-hydrogen) atoms. The summed E-state index contributed by atoms with van der Waals surface area (Å²) in [5.74, 6) is -0.120. The van der Waals surface area contributed by atoms with Gasteiger partial charge < -0.3 is 11.1 Å². The van der Waals surface area contributed by atoms with Crippen LogP contribution in [0.25, 0.3) is 0 Å². The molecule has 1 atom stereocenters. The van der Waals surface area contributed by atoms with E-state index in [-0.39, 0.29) is 18.5 Å². The number of aromatic nitrogens is 2. The van der Waals surface area contributed by atoms with Gasteiger partial charge in [0.25, 0.3) is 0 Å². The number of halogens is 1. The van der Waals surface area contributed by atoms with Crippen LogP contribution in [0.5, 0.6) is 0 Å². The molecule has 2 aromatic rings. The zero-order valence-corrected chi connectivity index (χ0v) is 11.3. The SMILES string of the molecule is CC(NC(=O)Cn1cc(N)cn1)c1ccc(Cl)cc1. The molecule has 0 spiro atoms.